The molecule has 1 aromatic rings. The third-order valence-electron chi connectivity index (χ3n) is 2.86. The highest BCUT2D eigenvalue weighted by atomic mass is 16.5. The first-order valence-electron chi connectivity index (χ1n) is 6.61. The molecular weight excluding hydrogens is 226 g/mol. The summed E-state index contributed by atoms with van der Waals surface area (Å²) in [4.78, 5) is 11.6. The van der Waals surface area contributed by atoms with Gasteiger partial charge in [0.05, 0.1) is 0 Å². The number of hydrogen-bond donors (Lipinski definition) is 1. The lowest BCUT2D eigenvalue weighted by molar-refractivity contribution is -0.123. The summed E-state index contributed by atoms with van der Waals surface area (Å²) in [6.45, 7) is 6.95. The number of aryl methyl sites for hydroxylation is 2. The molecule has 0 fully saturated rings. The van der Waals surface area contributed by atoms with Crippen molar-refractivity contribution < 1.29 is 9.53 Å². The average Bonchev–Trinajstić information content (AvgIpc) is 2.34. The van der Waals surface area contributed by atoms with Gasteiger partial charge in [-0.1, -0.05) is 38.0 Å². The van der Waals surface area contributed by atoms with Crippen LogP contribution in [0.4, 0.5) is 0 Å². The quantitative estimate of drug-likeness (QED) is 0.754. The van der Waals surface area contributed by atoms with E-state index in [1.165, 1.54) is 0 Å². The molecule has 1 aromatic carbocycles. The van der Waals surface area contributed by atoms with Crippen LogP contribution >= 0.6 is 0 Å². The van der Waals surface area contributed by atoms with Crippen LogP contribution in [0, 0.1) is 13.8 Å². The summed E-state index contributed by atoms with van der Waals surface area (Å²) in [5.41, 5.74) is 2.13. The zero-order chi connectivity index (χ0) is 13.4. The summed E-state index contributed by atoms with van der Waals surface area (Å²) in [5.74, 6) is 0.773. The lowest BCUT2D eigenvalue weighted by Gasteiger charge is -2.11. The normalized spacial score (nSPS) is 10.2. The Morgan fingerprint density at radius 3 is 2.50 bits per heavy atom. The Bertz CT molecular complexity index is 368. The second kappa shape index (κ2) is 7.75. The van der Waals surface area contributed by atoms with E-state index in [-0.39, 0.29) is 12.5 Å². The Morgan fingerprint density at radius 1 is 1.22 bits per heavy atom. The topological polar surface area (TPSA) is 38.3 Å². The van der Waals surface area contributed by atoms with Gasteiger partial charge in [-0.05, 0) is 31.4 Å². The van der Waals surface area contributed by atoms with Crippen molar-refractivity contribution in [1.82, 2.24) is 5.32 Å². The Hall–Kier alpha value is -1.51. The lowest BCUT2D eigenvalue weighted by Crippen LogP contribution is -2.29. The van der Waals surface area contributed by atoms with Crippen LogP contribution in [0.25, 0.3) is 0 Å². The fourth-order valence-electron chi connectivity index (χ4n) is 1.82. The third kappa shape index (κ3) is 4.78. The Labute approximate surface area is 110 Å². The first kappa shape index (κ1) is 14.6. The fraction of sp³-hybridized carbons (Fsp3) is 0.533. The molecule has 100 valence electrons. The Balaban J connectivity index is 2.34. The number of para-hydroxylation sites is 1. The molecule has 0 atom stereocenters. The number of carbonyl (C=O) groups is 1. The molecule has 18 heavy (non-hydrogen) atoms. The smallest absolute Gasteiger partial charge is 0.257 e. The second-order valence-corrected chi connectivity index (χ2v) is 4.57. The number of nitrogens with one attached hydrogen (secondary N) is 1. The summed E-state index contributed by atoms with van der Waals surface area (Å²) in [5, 5.41) is 2.86. The molecule has 0 aliphatic carbocycles. The monoisotopic (exact) mass is 249 g/mol. The Morgan fingerprint density at radius 2 is 1.89 bits per heavy atom. The van der Waals surface area contributed by atoms with Gasteiger partial charge >= 0.3 is 0 Å². The maximum Gasteiger partial charge on any atom is 0.257 e. The SMILES string of the molecule is CCCCCNC(=O)COc1c(C)cccc1C. The summed E-state index contributed by atoms with van der Waals surface area (Å²) < 4.78 is 5.57. The van der Waals surface area contributed by atoms with Crippen LogP contribution in [0.15, 0.2) is 18.2 Å². The van der Waals surface area contributed by atoms with Crippen molar-refractivity contribution in [3.63, 3.8) is 0 Å². The largest absolute Gasteiger partial charge is 0.483 e. The van der Waals surface area contributed by atoms with Crippen molar-refractivity contribution in [3.05, 3.63) is 29.3 Å². The highest BCUT2D eigenvalue weighted by molar-refractivity contribution is 5.77. The molecular formula is C15H23NO2. The van der Waals surface area contributed by atoms with Crippen molar-refractivity contribution in [2.24, 2.45) is 0 Å². The molecule has 0 saturated heterocycles. The van der Waals surface area contributed by atoms with Crippen LogP contribution in [-0.2, 0) is 4.79 Å². The van der Waals surface area contributed by atoms with Crippen molar-refractivity contribution in [1.29, 1.82) is 0 Å². The van der Waals surface area contributed by atoms with E-state index < -0.39 is 0 Å². The van der Waals surface area contributed by atoms with Gasteiger partial charge in [0, 0.05) is 6.54 Å². The molecule has 0 radical (unpaired) electrons. The molecule has 3 heteroatoms. The van der Waals surface area contributed by atoms with Crippen molar-refractivity contribution >= 4 is 5.91 Å². The van der Waals surface area contributed by atoms with E-state index in [2.05, 4.69) is 12.2 Å². The Kier molecular flexibility index (Phi) is 6.26. The van der Waals surface area contributed by atoms with Crippen LogP contribution < -0.4 is 10.1 Å². The van der Waals surface area contributed by atoms with Gasteiger partial charge < -0.3 is 10.1 Å². The van der Waals surface area contributed by atoms with Gasteiger partial charge in [0.25, 0.3) is 5.91 Å². The molecule has 1 rings (SSSR count). The number of unbranched alkanes of at least 4 members (excludes halogenated alkanes) is 2. The van der Waals surface area contributed by atoms with Crippen LogP contribution in [0.2, 0.25) is 0 Å². The summed E-state index contributed by atoms with van der Waals surface area (Å²) in [6.07, 6.45) is 3.35. The van der Waals surface area contributed by atoms with E-state index >= 15 is 0 Å². The van der Waals surface area contributed by atoms with E-state index in [0.29, 0.717) is 0 Å². The minimum atomic E-state index is -0.0474. The first-order valence-corrected chi connectivity index (χ1v) is 6.61. The first-order chi connectivity index (χ1) is 8.65. The van der Waals surface area contributed by atoms with Crippen molar-refractivity contribution in [2.75, 3.05) is 13.2 Å². The molecule has 0 aliphatic heterocycles. The summed E-state index contributed by atoms with van der Waals surface area (Å²) in [7, 11) is 0. The maximum atomic E-state index is 11.6. The summed E-state index contributed by atoms with van der Waals surface area (Å²) >= 11 is 0. The van der Waals surface area contributed by atoms with Crippen LogP contribution in [0.5, 0.6) is 5.75 Å². The van der Waals surface area contributed by atoms with E-state index in [0.717, 1.165) is 42.7 Å². The molecule has 1 amide bonds. The summed E-state index contributed by atoms with van der Waals surface area (Å²) in [6, 6.07) is 5.96. The van der Waals surface area contributed by atoms with Gasteiger partial charge in [-0.3, -0.25) is 4.79 Å². The van der Waals surface area contributed by atoms with Gasteiger partial charge in [0.2, 0.25) is 0 Å². The standard InChI is InChI=1S/C15H23NO2/c1-4-5-6-10-16-14(17)11-18-15-12(2)8-7-9-13(15)3/h7-9H,4-6,10-11H2,1-3H3,(H,16,17). The molecule has 0 saturated carbocycles. The predicted molar refractivity (Wildman–Crippen MR) is 73.9 cm³/mol. The maximum absolute atomic E-state index is 11.6. The minimum absolute atomic E-state index is 0.0474. The second-order valence-electron chi connectivity index (χ2n) is 4.57. The van der Waals surface area contributed by atoms with Gasteiger partial charge in [-0.15, -0.1) is 0 Å². The highest BCUT2D eigenvalue weighted by Gasteiger charge is 2.06. The van der Waals surface area contributed by atoms with E-state index in [4.69, 9.17) is 4.74 Å². The molecule has 0 spiro atoms. The fourth-order valence-corrected chi connectivity index (χ4v) is 1.82. The van der Waals surface area contributed by atoms with Crippen LogP contribution in [0.1, 0.15) is 37.3 Å². The minimum Gasteiger partial charge on any atom is -0.483 e. The highest BCUT2D eigenvalue weighted by Crippen LogP contribution is 2.21. The number of rotatable bonds is 7. The van der Waals surface area contributed by atoms with E-state index in [1.807, 2.05) is 32.0 Å². The van der Waals surface area contributed by atoms with Crippen molar-refractivity contribution in [3.8, 4) is 5.75 Å². The molecule has 0 unspecified atom stereocenters. The van der Waals surface area contributed by atoms with Gasteiger partial charge in [-0.2, -0.15) is 0 Å². The van der Waals surface area contributed by atoms with Crippen LogP contribution in [-0.4, -0.2) is 19.1 Å². The molecule has 1 N–H and O–H groups in total. The molecule has 0 aliphatic rings. The number of ether oxygens (including phenoxy) is 1. The third-order valence-corrected chi connectivity index (χ3v) is 2.86. The number of amides is 1. The van der Waals surface area contributed by atoms with Crippen molar-refractivity contribution in [2.45, 2.75) is 40.0 Å². The van der Waals surface area contributed by atoms with Gasteiger partial charge in [0.1, 0.15) is 5.75 Å². The molecule has 0 aromatic heterocycles. The van der Waals surface area contributed by atoms with E-state index in [9.17, 15) is 4.79 Å². The van der Waals surface area contributed by atoms with Gasteiger partial charge in [0.15, 0.2) is 6.61 Å². The van der Waals surface area contributed by atoms with E-state index in [1.54, 1.807) is 0 Å². The molecule has 0 bridgehead atoms. The van der Waals surface area contributed by atoms with Crippen LogP contribution in [0.3, 0.4) is 0 Å². The number of carbonyl (C=O) groups excluding carboxylic acids is 1. The average molecular weight is 249 g/mol. The molecule has 3 nitrogen and oxygen atoms in total. The number of hydrogen-bond acceptors (Lipinski definition) is 2. The van der Waals surface area contributed by atoms with Gasteiger partial charge in [-0.25, -0.2) is 0 Å². The zero-order valence-corrected chi connectivity index (χ0v) is 11.6. The molecule has 0 heterocycles. The zero-order valence-electron chi connectivity index (χ0n) is 11.6. The predicted octanol–water partition coefficient (Wildman–Crippen LogP) is 2.99. The number of benzene rings is 1. The lowest BCUT2D eigenvalue weighted by atomic mass is 10.1.